The number of rotatable bonds is 10. The van der Waals surface area contributed by atoms with Crippen molar-refractivity contribution in [3.63, 3.8) is 0 Å². The molecular formula is C27H35ClN2O2S. The molecule has 1 aliphatic carbocycles. The van der Waals surface area contributed by atoms with Gasteiger partial charge in [0.25, 0.3) is 0 Å². The molecule has 1 aliphatic rings. The summed E-state index contributed by atoms with van der Waals surface area (Å²) in [5.41, 5.74) is 2.20. The molecule has 1 N–H and O–H groups in total. The first-order chi connectivity index (χ1) is 16.0. The first kappa shape index (κ1) is 25.6. The molecule has 0 unspecified atom stereocenters. The molecule has 0 bridgehead atoms. The number of benzene rings is 2. The van der Waals surface area contributed by atoms with Gasteiger partial charge in [0.1, 0.15) is 6.04 Å². The average Bonchev–Trinajstić information content (AvgIpc) is 2.82. The lowest BCUT2D eigenvalue weighted by molar-refractivity contribution is -0.141. The Labute approximate surface area is 207 Å². The predicted octanol–water partition coefficient (Wildman–Crippen LogP) is 6.39. The molecule has 2 aromatic rings. The lowest BCUT2D eigenvalue weighted by Gasteiger charge is -2.33. The standard InChI is InChI=1S/C27H35ClN2O2S/c1-3-25(27(32)29-23-7-5-4-6-8-23)30(19-21-11-13-22(28)14-12-21)26(31)17-18-33-24-15-9-20(2)10-16-24/h9-16,23,25H,3-8,17-19H2,1-2H3,(H,29,32)/t25-/m1/s1. The number of halogens is 1. The van der Waals surface area contributed by atoms with Crippen molar-refractivity contribution >= 4 is 35.2 Å². The zero-order valence-electron chi connectivity index (χ0n) is 19.7. The lowest BCUT2D eigenvalue weighted by atomic mass is 9.95. The van der Waals surface area contributed by atoms with Crippen LogP contribution in [0.3, 0.4) is 0 Å². The van der Waals surface area contributed by atoms with Crippen molar-refractivity contribution < 1.29 is 9.59 Å². The van der Waals surface area contributed by atoms with Gasteiger partial charge in [-0.3, -0.25) is 9.59 Å². The van der Waals surface area contributed by atoms with E-state index in [-0.39, 0.29) is 17.9 Å². The fourth-order valence-electron chi connectivity index (χ4n) is 4.28. The Kier molecular flexibility index (Phi) is 10.1. The summed E-state index contributed by atoms with van der Waals surface area (Å²) < 4.78 is 0. The van der Waals surface area contributed by atoms with Gasteiger partial charge >= 0.3 is 0 Å². The molecule has 33 heavy (non-hydrogen) atoms. The number of carbonyl (C=O) groups is 2. The minimum Gasteiger partial charge on any atom is -0.352 e. The van der Waals surface area contributed by atoms with Crippen LogP contribution in [-0.4, -0.2) is 34.6 Å². The maximum atomic E-state index is 13.4. The smallest absolute Gasteiger partial charge is 0.243 e. The van der Waals surface area contributed by atoms with Gasteiger partial charge in [0.2, 0.25) is 11.8 Å². The molecule has 2 amide bonds. The highest BCUT2D eigenvalue weighted by atomic mass is 35.5. The Morgan fingerprint density at radius 1 is 1.06 bits per heavy atom. The first-order valence-corrected chi connectivity index (χ1v) is 13.4. The van der Waals surface area contributed by atoms with Gasteiger partial charge in [-0.15, -0.1) is 11.8 Å². The maximum Gasteiger partial charge on any atom is 0.243 e. The Bertz CT molecular complexity index is 895. The van der Waals surface area contributed by atoms with Crippen LogP contribution in [0.4, 0.5) is 0 Å². The third-order valence-corrected chi connectivity index (χ3v) is 7.48. The summed E-state index contributed by atoms with van der Waals surface area (Å²) in [7, 11) is 0. The van der Waals surface area contributed by atoms with Crippen molar-refractivity contribution in [2.24, 2.45) is 0 Å². The summed E-state index contributed by atoms with van der Waals surface area (Å²) in [4.78, 5) is 29.5. The summed E-state index contributed by atoms with van der Waals surface area (Å²) >= 11 is 7.72. The summed E-state index contributed by atoms with van der Waals surface area (Å²) in [6.07, 6.45) is 6.59. The van der Waals surface area contributed by atoms with Gasteiger partial charge < -0.3 is 10.2 Å². The van der Waals surface area contributed by atoms with E-state index in [2.05, 4.69) is 36.5 Å². The Hall–Kier alpha value is -1.98. The lowest BCUT2D eigenvalue weighted by Crippen LogP contribution is -2.51. The Morgan fingerprint density at radius 3 is 2.36 bits per heavy atom. The van der Waals surface area contributed by atoms with Gasteiger partial charge in [-0.1, -0.05) is 67.6 Å². The second-order valence-electron chi connectivity index (χ2n) is 8.83. The van der Waals surface area contributed by atoms with Crippen LogP contribution in [0, 0.1) is 6.92 Å². The zero-order valence-corrected chi connectivity index (χ0v) is 21.3. The van der Waals surface area contributed by atoms with Gasteiger partial charge in [-0.05, 0) is 56.0 Å². The van der Waals surface area contributed by atoms with E-state index in [9.17, 15) is 9.59 Å². The van der Waals surface area contributed by atoms with Gasteiger partial charge in [0, 0.05) is 34.7 Å². The molecule has 1 saturated carbocycles. The molecule has 0 radical (unpaired) electrons. The summed E-state index contributed by atoms with van der Waals surface area (Å²) in [5, 5.41) is 3.89. The average molecular weight is 487 g/mol. The predicted molar refractivity (Wildman–Crippen MR) is 138 cm³/mol. The number of thioether (sulfide) groups is 1. The van der Waals surface area contributed by atoms with Crippen LogP contribution in [0.1, 0.15) is 63.0 Å². The van der Waals surface area contributed by atoms with Crippen molar-refractivity contribution in [2.75, 3.05) is 5.75 Å². The van der Waals surface area contributed by atoms with Crippen LogP contribution in [-0.2, 0) is 16.1 Å². The molecular weight excluding hydrogens is 452 g/mol. The minimum atomic E-state index is -0.473. The molecule has 0 aromatic heterocycles. The molecule has 1 fully saturated rings. The second-order valence-corrected chi connectivity index (χ2v) is 10.4. The van der Waals surface area contributed by atoms with Gasteiger partial charge in [-0.2, -0.15) is 0 Å². The third kappa shape index (κ3) is 8.08. The second kappa shape index (κ2) is 13.0. The van der Waals surface area contributed by atoms with E-state index < -0.39 is 6.04 Å². The van der Waals surface area contributed by atoms with Gasteiger partial charge in [0.15, 0.2) is 0 Å². The largest absolute Gasteiger partial charge is 0.352 e. The number of hydrogen-bond acceptors (Lipinski definition) is 3. The van der Waals surface area contributed by atoms with E-state index in [1.165, 1.54) is 12.0 Å². The fraction of sp³-hybridized carbons (Fsp3) is 0.481. The van der Waals surface area contributed by atoms with Gasteiger partial charge in [0.05, 0.1) is 0 Å². The van der Waals surface area contributed by atoms with E-state index in [0.29, 0.717) is 30.2 Å². The van der Waals surface area contributed by atoms with Crippen molar-refractivity contribution in [2.45, 2.75) is 82.3 Å². The van der Waals surface area contributed by atoms with Crippen LogP contribution in [0.25, 0.3) is 0 Å². The minimum absolute atomic E-state index is 0.00945. The van der Waals surface area contributed by atoms with E-state index >= 15 is 0 Å². The van der Waals surface area contributed by atoms with E-state index in [1.54, 1.807) is 16.7 Å². The number of hydrogen-bond donors (Lipinski definition) is 1. The van der Waals surface area contributed by atoms with Gasteiger partial charge in [-0.25, -0.2) is 0 Å². The van der Waals surface area contributed by atoms with Crippen LogP contribution < -0.4 is 5.32 Å². The van der Waals surface area contributed by atoms with Crippen LogP contribution in [0.2, 0.25) is 5.02 Å². The molecule has 0 saturated heterocycles. The molecule has 3 rings (SSSR count). The normalized spacial score (nSPS) is 15.1. The number of amides is 2. The van der Waals surface area contributed by atoms with Crippen molar-refractivity contribution in [3.8, 4) is 0 Å². The molecule has 4 nitrogen and oxygen atoms in total. The molecule has 0 heterocycles. The van der Waals surface area contributed by atoms with Crippen molar-refractivity contribution in [1.82, 2.24) is 10.2 Å². The number of nitrogens with one attached hydrogen (secondary N) is 1. The molecule has 0 spiro atoms. The quantitative estimate of drug-likeness (QED) is 0.396. The molecule has 178 valence electrons. The van der Waals surface area contributed by atoms with Crippen molar-refractivity contribution in [3.05, 3.63) is 64.7 Å². The maximum absolute atomic E-state index is 13.4. The Balaban J connectivity index is 1.68. The van der Waals surface area contributed by atoms with Crippen LogP contribution in [0.5, 0.6) is 0 Å². The fourth-order valence-corrected chi connectivity index (χ4v) is 5.25. The summed E-state index contributed by atoms with van der Waals surface area (Å²) in [6.45, 7) is 4.45. The number of nitrogens with zero attached hydrogens (tertiary/aromatic N) is 1. The molecule has 2 aromatic carbocycles. The summed E-state index contributed by atoms with van der Waals surface area (Å²) in [5.74, 6) is 0.660. The monoisotopic (exact) mass is 486 g/mol. The van der Waals surface area contributed by atoms with Crippen LogP contribution >= 0.6 is 23.4 Å². The molecule has 6 heteroatoms. The van der Waals surface area contributed by atoms with E-state index in [1.807, 2.05) is 31.2 Å². The zero-order chi connectivity index (χ0) is 23.6. The number of aryl methyl sites for hydroxylation is 1. The topological polar surface area (TPSA) is 49.4 Å². The summed E-state index contributed by atoms with van der Waals surface area (Å²) in [6, 6.07) is 15.6. The Morgan fingerprint density at radius 2 is 1.73 bits per heavy atom. The van der Waals surface area contributed by atoms with Crippen molar-refractivity contribution in [1.29, 1.82) is 0 Å². The van der Waals surface area contributed by atoms with Crippen LogP contribution in [0.15, 0.2) is 53.4 Å². The highest BCUT2D eigenvalue weighted by Crippen LogP contribution is 2.22. The first-order valence-electron chi connectivity index (χ1n) is 12.0. The van der Waals surface area contributed by atoms with E-state index in [0.717, 1.165) is 36.1 Å². The highest BCUT2D eigenvalue weighted by Gasteiger charge is 2.30. The third-order valence-electron chi connectivity index (χ3n) is 6.21. The highest BCUT2D eigenvalue weighted by molar-refractivity contribution is 7.99. The molecule has 0 aliphatic heterocycles. The van der Waals surface area contributed by atoms with E-state index in [4.69, 9.17) is 11.6 Å². The molecule has 1 atom stereocenters. The number of carbonyl (C=O) groups excluding carboxylic acids is 2. The SMILES string of the molecule is CC[C@H](C(=O)NC1CCCCC1)N(Cc1ccc(Cl)cc1)C(=O)CCSc1ccc(C)cc1.